The Morgan fingerprint density at radius 1 is 1.27 bits per heavy atom. The second-order valence-electron chi connectivity index (χ2n) is 3.65. The maximum Gasteiger partial charge on any atom is 0.160 e. The first-order valence-corrected chi connectivity index (χ1v) is 4.82. The molecule has 2 aromatic rings. The zero-order valence-electron chi connectivity index (χ0n) is 9.15. The van der Waals surface area contributed by atoms with Crippen molar-refractivity contribution in [2.24, 2.45) is 7.05 Å². The highest BCUT2D eigenvalue weighted by Gasteiger charge is 2.12. The number of nitrogen functional groups attached to an aromatic ring is 1. The van der Waals surface area contributed by atoms with E-state index in [4.69, 9.17) is 5.73 Å². The van der Waals surface area contributed by atoms with Crippen LogP contribution in [0.25, 0.3) is 11.4 Å². The van der Waals surface area contributed by atoms with Crippen LogP contribution >= 0.6 is 0 Å². The second-order valence-corrected chi connectivity index (χ2v) is 3.65. The van der Waals surface area contributed by atoms with Crippen LogP contribution in [0.3, 0.4) is 0 Å². The normalized spacial score (nSPS) is 10.6. The van der Waals surface area contributed by atoms with Crippen molar-refractivity contribution in [3.63, 3.8) is 0 Å². The first-order valence-electron chi connectivity index (χ1n) is 4.82. The average Bonchev–Trinajstić information content (AvgIpc) is 2.45. The molecule has 2 rings (SSSR count). The summed E-state index contributed by atoms with van der Waals surface area (Å²) in [5, 5.41) is 4.22. The zero-order valence-corrected chi connectivity index (χ0v) is 9.15. The van der Waals surface area contributed by atoms with Gasteiger partial charge in [0, 0.05) is 18.3 Å². The fraction of sp³-hybridized carbons (Fsp3) is 0.273. The van der Waals surface area contributed by atoms with Crippen LogP contribution in [0.4, 0.5) is 5.69 Å². The second kappa shape index (κ2) is 3.38. The quantitative estimate of drug-likeness (QED) is 0.716. The van der Waals surface area contributed by atoms with Gasteiger partial charge in [-0.15, -0.1) is 0 Å². The molecule has 4 nitrogen and oxygen atoms in total. The van der Waals surface area contributed by atoms with Gasteiger partial charge in [-0.3, -0.25) is 0 Å². The molecule has 0 unspecified atom stereocenters. The molecular weight excluding hydrogens is 188 g/mol. The Kier molecular flexibility index (Phi) is 2.19. The highest BCUT2D eigenvalue weighted by molar-refractivity contribution is 5.74. The van der Waals surface area contributed by atoms with Crippen LogP contribution in [-0.4, -0.2) is 14.8 Å². The first kappa shape index (κ1) is 9.71. The molecule has 2 N–H and O–H groups in total. The van der Waals surface area contributed by atoms with E-state index in [-0.39, 0.29) is 0 Å². The molecule has 1 heterocycles. The van der Waals surface area contributed by atoms with E-state index in [1.54, 1.807) is 4.68 Å². The van der Waals surface area contributed by atoms with Crippen LogP contribution in [0.5, 0.6) is 0 Å². The Bertz CT molecular complexity index is 479. The molecule has 0 amide bonds. The molecule has 1 aromatic carbocycles. The molecule has 0 aliphatic carbocycles. The monoisotopic (exact) mass is 202 g/mol. The highest BCUT2D eigenvalue weighted by Crippen LogP contribution is 2.27. The molecule has 0 spiro atoms. The summed E-state index contributed by atoms with van der Waals surface area (Å²) in [6.07, 6.45) is 0. The van der Waals surface area contributed by atoms with Crippen molar-refractivity contribution >= 4 is 5.69 Å². The summed E-state index contributed by atoms with van der Waals surface area (Å²) in [6, 6.07) is 5.85. The summed E-state index contributed by atoms with van der Waals surface area (Å²) >= 11 is 0. The summed E-state index contributed by atoms with van der Waals surface area (Å²) in [5.41, 5.74) is 8.78. The number of benzene rings is 1. The Labute approximate surface area is 88.8 Å². The van der Waals surface area contributed by atoms with Crippen molar-refractivity contribution < 1.29 is 0 Å². The molecular formula is C11H14N4. The van der Waals surface area contributed by atoms with Gasteiger partial charge in [0.15, 0.2) is 5.82 Å². The lowest BCUT2D eigenvalue weighted by molar-refractivity contribution is 0.763. The zero-order chi connectivity index (χ0) is 11.0. The van der Waals surface area contributed by atoms with Crippen molar-refractivity contribution in [3.05, 3.63) is 29.6 Å². The number of hydrogen-bond donors (Lipinski definition) is 1. The van der Waals surface area contributed by atoms with Gasteiger partial charge < -0.3 is 5.73 Å². The fourth-order valence-corrected chi connectivity index (χ4v) is 1.73. The van der Waals surface area contributed by atoms with E-state index in [9.17, 15) is 0 Å². The van der Waals surface area contributed by atoms with E-state index in [0.29, 0.717) is 0 Å². The third-order valence-electron chi connectivity index (χ3n) is 2.40. The summed E-state index contributed by atoms with van der Waals surface area (Å²) in [6.45, 7) is 3.90. The number of nitrogens with zero attached hydrogens (tertiary/aromatic N) is 3. The first-order chi connectivity index (χ1) is 7.09. The molecule has 78 valence electrons. The predicted molar refractivity (Wildman–Crippen MR) is 60.3 cm³/mol. The third kappa shape index (κ3) is 1.58. The van der Waals surface area contributed by atoms with Gasteiger partial charge in [-0.2, -0.15) is 5.10 Å². The standard InChI is InChI=1S/C11H14N4/c1-7-5-4-6-9(12)10(7)11-13-8(2)14-15(11)3/h4-6H,12H2,1-3H3. The number of nitrogens with two attached hydrogens (primary N) is 1. The molecule has 0 saturated heterocycles. The molecule has 0 bridgehead atoms. The average molecular weight is 202 g/mol. The fourth-order valence-electron chi connectivity index (χ4n) is 1.73. The number of anilines is 1. The van der Waals surface area contributed by atoms with E-state index < -0.39 is 0 Å². The summed E-state index contributed by atoms with van der Waals surface area (Å²) < 4.78 is 1.76. The summed E-state index contributed by atoms with van der Waals surface area (Å²) in [4.78, 5) is 4.37. The minimum absolute atomic E-state index is 0.741. The molecule has 0 aliphatic heterocycles. The van der Waals surface area contributed by atoms with Gasteiger partial charge in [-0.25, -0.2) is 9.67 Å². The molecule has 0 atom stereocenters. The van der Waals surface area contributed by atoms with Crippen LogP contribution in [0.2, 0.25) is 0 Å². The third-order valence-corrected chi connectivity index (χ3v) is 2.40. The molecule has 15 heavy (non-hydrogen) atoms. The molecule has 0 saturated carbocycles. The van der Waals surface area contributed by atoms with Crippen LogP contribution in [0.15, 0.2) is 18.2 Å². The Hall–Kier alpha value is -1.84. The molecule has 1 aromatic heterocycles. The van der Waals surface area contributed by atoms with Crippen LogP contribution in [-0.2, 0) is 7.05 Å². The maximum atomic E-state index is 5.95. The van der Waals surface area contributed by atoms with Crippen molar-refractivity contribution in [1.82, 2.24) is 14.8 Å². The number of aryl methyl sites for hydroxylation is 3. The maximum absolute atomic E-state index is 5.95. The van der Waals surface area contributed by atoms with Crippen molar-refractivity contribution in [1.29, 1.82) is 0 Å². The van der Waals surface area contributed by atoms with Gasteiger partial charge in [-0.05, 0) is 25.5 Å². The summed E-state index contributed by atoms with van der Waals surface area (Å²) in [5.74, 6) is 1.58. The van der Waals surface area contributed by atoms with Gasteiger partial charge in [0.25, 0.3) is 0 Å². The molecule has 4 heteroatoms. The van der Waals surface area contributed by atoms with Crippen LogP contribution in [0, 0.1) is 13.8 Å². The number of rotatable bonds is 1. The van der Waals surface area contributed by atoms with Gasteiger partial charge in [0.2, 0.25) is 0 Å². The molecule has 0 aliphatic rings. The lowest BCUT2D eigenvalue weighted by Gasteiger charge is -2.07. The van der Waals surface area contributed by atoms with Gasteiger partial charge in [0.05, 0.1) is 0 Å². The minimum Gasteiger partial charge on any atom is -0.398 e. The highest BCUT2D eigenvalue weighted by atomic mass is 15.3. The number of aromatic nitrogens is 3. The lowest BCUT2D eigenvalue weighted by Crippen LogP contribution is -1.99. The topological polar surface area (TPSA) is 56.7 Å². The molecule has 0 fully saturated rings. The van der Waals surface area contributed by atoms with Crippen molar-refractivity contribution in [2.75, 3.05) is 5.73 Å². The van der Waals surface area contributed by atoms with Gasteiger partial charge in [0.1, 0.15) is 5.82 Å². The van der Waals surface area contributed by atoms with Gasteiger partial charge in [-0.1, -0.05) is 12.1 Å². The molecule has 0 radical (unpaired) electrons. The van der Waals surface area contributed by atoms with E-state index in [1.165, 1.54) is 0 Å². The van der Waals surface area contributed by atoms with Crippen LogP contribution in [0.1, 0.15) is 11.4 Å². The predicted octanol–water partition coefficient (Wildman–Crippen LogP) is 1.68. The van der Waals surface area contributed by atoms with E-state index in [2.05, 4.69) is 10.1 Å². The Morgan fingerprint density at radius 3 is 2.53 bits per heavy atom. The minimum atomic E-state index is 0.741. The number of hydrogen-bond acceptors (Lipinski definition) is 3. The Morgan fingerprint density at radius 2 is 2.00 bits per heavy atom. The van der Waals surface area contributed by atoms with E-state index >= 15 is 0 Å². The smallest absolute Gasteiger partial charge is 0.160 e. The SMILES string of the molecule is Cc1nc(-c2c(C)cccc2N)n(C)n1. The van der Waals surface area contributed by atoms with Gasteiger partial charge >= 0.3 is 0 Å². The Balaban J connectivity index is 2.68. The lowest BCUT2D eigenvalue weighted by atomic mass is 10.1. The summed E-state index contributed by atoms with van der Waals surface area (Å²) in [7, 11) is 1.88. The van der Waals surface area contributed by atoms with Crippen LogP contribution < -0.4 is 5.73 Å². The van der Waals surface area contributed by atoms with Crippen molar-refractivity contribution in [3.8, 4) is 11.4 Å². The largest absolute Gasteiger partial charge is 0.398 e. The van der Waals surface area contributed by atoms with E-state index in [1.807, 2.05) is 39.1 Å². The van der Waals surface area contributed by atoms with E-state index in [0.717, 1.165) is 28.5 Å². The van der Waals surface area contributed by atoms with Crippen molar-refractivity contribution in [2.45, 2.75) is 13.8 Å².